The van der Waals surface area contributed by atoms with Crippen LogP contribution in [0.4, 0.5) is 0 Å². The molecule has 0 atom stereocenters. The predicted molar refractivity (Wildman–Crippen MR) is 83.1 cm³/mol. The van der Waals surface area contributed by atoms with Gasteiger partial charge in [-0.2, -0.15) is 0 Å². The van der Waals surface area contributed by atoms with Crippen LogP contribution in [-0.2, 0) is 16.0 Å². The van der Waals surface area contributed by atoms with E-state index in [1.54, 1.807) is 12.1 Å². The van der Waals surface area contributed by atoms with E-state index >= 15 is 0 Å². The topological polar surface area (TPSA) is 65.7 Å². The van der Waals surface area contributed by atoms with Crippen molar-refractivity contribution in [3.8, 4) is 5.75 Å². The molecule has 116 valence electrons. The van der Waals surface area contributed by atoms with Gasteiger partial charge in [0, 0.05) is 17.5 Å². The van der Waals surface area contributed by atoms with Crippen LogP contribution in [0.25, 0.3) is 11.0 Å². The van der Waals surface area contributed by atoms with Gasteiger partial charge in [-0.25, -0.2) is 9.59 Å². The molecular weight excluding hydrogens is 284 g/mol. The Kier molecular flexibility index (Phi) is 5.36. The highest BCUT2D eigenvalue weighted by atomic mass is 16.6. The van der Waals surface area contributed by atoms with E-state index in [2.05, 4.69) is 6.58 Å². The predicted octanol–water partition coefficient (Wildman–Crippen LogP) is 2.85. The van der Waals surface area contributed by atoms with E-state index < -0.39 is 11.6 Å². The zero-order chi connectivity index (χ0) is 15.9. The lowest BCUT2D eigenvalue weighted by Crippen LogP contribution is -2.14. The standard InChI is InChI=1S/C17H18O5/c1-3-5-12-9-16(18)22-15-10-13(6-7-14(12)15)21-11-17(19)20-8-4-2/h4,6-7,9-10H,2-3,5,8,11H2,1H3. The summed E-state index contributed by atoms with van der Waals surface area (Å²) in [5, 5.41) is 0.878. The molecule has 2 rings (SSSR count). The van der Waals surface area contributed by atoms with Crippen molar-refractivity contribution >= 4 is 16.9 Å². The van der Waals surface area contributed by atoms with Gasteiger partial charge in [0.15, 0.2) is 6.61 Å². The fourth-order valence-electron chi connectivity index (χ4n) is 2.11. The fourth-order valence-corrected chi connectivity index (χ4v) is 2.11. The summed E-state index contributed by atoms with van der Waals surface area (Å²) < 4.78 is 15.4. The molecule has 5 heteroatoms. The zero-order valence-electron chi connectivity index (χ0n) is 12.5. The van der Waals surface area contributed by atoms with Gasteiger partial charge in [-0.05, 0) is 24.1 Å². The molecule has 0 unspecified atom stereocenters. The first kappa shape index (κ1) is 15.8. The van der Waals surface area contributed by atoms with Crippen LogP contribution in [0.3, 0.4) is 0 Å². The second kappa shape index (κ2) is 7.45. The summed E-state index contributed by atoms with van der Waals surface area (Å²) in [5.74, 6) is -0.0407. The van der Waals surface area contributed by atoms with Crippen molar-refractivity contribution in [3.05, 3.63) is 52.9 Å². The van der Waals surface area contributed by atoms with Gasteiger partial charge in [0.2, 0.25) is 0 Å². The number of rotatable bonds is 7. The van der Waals surface area contributed by atoms with Crippen molar-refractivity contribution in [3.63, 3.8) is 0 Å². The van der Waals surface area contributed by atoms with Crippen molar-refractivity contribution in [2.24, 2.45) is 0 Å². The van der Waals surface area contributed by atoms with Gasteiger partial charge in [-0.15, -0.1) is 0 Å². The minimum Gasteiger partial charge on any atom is -0.482 e. The Hall–Kier alpha value is -2.56. The first-order chi connectivity index (χ1) is 10.6. The van der Waals surface area contributed by atoms with Gasteiger partial charge >= 0.3 is 11.6 Å². The third kappa shape index (κ3) is 3.97. The van der Waals surface area contributed by atoms with Crippen LogP contribution in [-0.4, -0.2) is 19.2 Å². The third-order valence-electron chi connectivity index (χ3n) is 3.04. The van der Waals surface area contributed by atoms with Crippen LogP contribution >= 0.6 is 0 Å². The first-order valence-electron chi connectivity index (χ1n) is 7.10. The zero-order valence-corrected chi connectivity index (χ0v) is 12.5. The molecule has 22 heavy (non-hydrogen) atoms. The quantitative estimate of drug-likeness (QED) is 0.447. The summed E-state index contributed by atoms with van der Waals surface area (Å²) in [6.45, 7) is 5.44. The molecule has 0 amide bonds. The number of aryl methyl sites for hydroxylation is 1. The summed E-state index contributed by atoms with van der Waals surface area (Å²) in [6, 6.07) is 6.69. The molecule has 0 aliphatic rings. The van der Waals surface area contributed by atoms with E-state index in [0.717, 1.165) is 23.8 Å². The second-order valence-electron chi connectivity index (χ2n) is 4.76. The van der Waals surface area contributed by atoms with Crippen molar-refractivity contribution in [2.45, 2.75) is 19.8 Å². The van der Waals surface area contributed by atoms with Crippen LogP contribution in [0.1, 0.15) is 18.9 Å². The molecular formula is C17H18O5. The van der Waals surface area contributed by atoms with Crippen LogP contribution in [0, 0.1) is 0 Å². The minimum atomic E-state index is -0.485. The summed E-state index contributed by atoms with van der Waals surface area (Å²) in [7, 11) is 0. The van der Waals surface area contributed by atoms with Crippen molar-refractivity contribution in [2.75, 3.05) is 13.2 Å². The third-order valence-corrected chi connectivity index (χ3v) is 3.04. The van der Waals surface area contributed by atoms with Crippen molar-refractivity contribution in [1.82, 2.24) is 0 Å². The van der Waals surface area contributed by atoms with Crippen molar-refractivity contribution < 1.29 is 18.7 Å². The minimum absolute atomic E-state index is 0.148. The molecule has 0 fully saturated rings. The largest absolute Gasteiger partial charge is 0.482 e. The maximum absolute atomic E-state index is 11.6. The van der Waals surface area contributed by atoms with E-state index in [-0.39, 0.29) is 13.2 Å². The van der Waals surface area contributed by atoms with Gasteiger partial charge < -0.3 is 13.9 Å². The molecule has 1 aromatic heterocycles. The molecule has 0 aliphatic carbocycles. The van der Waals surface area contributed by atoms with Gasteiger partial charge in [0.1, 0.15) is 17.9 Å². The maximum atomic E-state index is 11.6. The molecule has 0 bridgehead atoms. The number of carbonyl (C=O) groups excluding carboxylic acids is 1. The second-order valence-corrected chi connectivity index (χ2v) is 4.76. The lowest BCUT2D eigenvalue weighted by atomic mass is 10.1. The molecule has 0 saturated heterocycles. The average Bonchev–Trinajstić information content (AvgIpc) is 2.50. The summed E-state index contributed by atoms with van der Waals surface area (Å²) in [6.07, 6.45) is 3.22. The highest BCUT2D eigenvalue weighted by Crippen LogP contribution is 2.23. The lowest BCUT2D eigenvalue weighted by Gasteiger charge is -2.08. The first-order valence-corrected chi connectivity index (χ1v) is 7.10. The van der Waals surface area contributed by atoms with Gasteiger partial charge in [0.05, 0.1) is 0 Å². The number of fused-ring (bicyclic) bond motifs is 1. The molecule has 2 aromatic rings. The van der Waals surface area contributed by atoms with E-state index in [1.165, 1.54) is 12.1 Å². The van der Waals surface area contributed by atoms with Gasteiger partial charge in [-0.1, -0.05) is 26.0 Å². The Morgan fingerprint density at radius 3 is 2.91 bits per heavy atom. The molecule has 5 nitrogen and oxygen atoms in total. The summed E-state index contributed by atoms with van der Waals surface area (Å²) >= 11 is 0. The number of benzene rings is 1. The molecule has 0 aliphatic heterocycles. The number of carbonyl (C=O) groups is 1. The van der Waals surface area contributed by atoms with E-state index in [4.69, 9.17) is 13.9 Å². The molecule has 0 N–H and O–H groups in total. The van der Waals surface area contributed by atoms with Crippen molar-refractivity contribution in [1.29, 1.82) is 0 Å². The number of esters is 1. The lowest BCUT2D eigenvalue weighted by molar-refractivity contribution is -0.144. The molecule has 0 spiro atoms. The molecule has 0 radical (unpaired) electrons. The van der Waals surface area contributed by atoms with Gasteiger partial charge in [0.25, 0.3) is 0 Å². The normalized spacial score (nSPS) is 10.4. The van der Waals surface area contributed by atoms with E-state index in [1.807, 2.05) is 13.0 Å². The SMILES string of the molecule is C=CCOC(=O)COc1ccc2c(CCC)cc(=O)oc2c1. The fraction of sp³-hybridized carbons (Fsp3) is 0.294. The monoisotopic (exact) mass is 302 g/mol. The smallest absolute Gasteiger partial charge is 0.344 e. The number of ether oxygens (including phenoxy) is 2. The molecule has 1 heterocycles. The highest BCUT2D eigenvalue weighted by Gasteiger charge is 2.08. The Labute approximate surface area is 128 Å². The Balaban J connectivity index is 2.18. The summed E-state index contributed by atoms with van der Waals surface area (Å²) in [4.78, 5) is 22.9. The van der Waals surface area contributed by atoms with Crippen LogP contribution in [0.5, 0.6) is 5.75 Å². The Bertz CT molecular complexity index is 729. The van der Waals surface area contributed by atoms with E-state index in [0.29, 0.717) is 11.3 Å². The Morgan fingerprint density at radius 1 is 1.36 bits per heavy atom. The number of hydrogen-bond donors (Lipinski definition) is 0. The number of hydrogen-bond acceptors (Lipinski definition) is 5. The average molecular weight is 302 g/mol. The molecule has 0 saturated carbocycles. The van der Waals surface area contributed by atoms with Crippen LogP contribution in [0.15, 0.2) is 46.1 Å². The van der Waals surface area contributed by atoms with Crippen LogP contribution in [0.2, 0.25) is 0 Å². The summed E-state index contributed by atoms with van der Waals surface area (Å²) in [5.41, 5.74) is 1.01. The van der Waals surface area contributed by atoms with E-state index in [9.17, 15) is 9.59 Å². The Morgan fingerprint density at radius 2 is 2.18 bits per heavy atom. The van der Waals surface area contributed by atoms with Gasteiger partial charge in [-0.3, -0.25) is 0 Å². The maximum Gasteiger partial charge on any atom is 0.344 e. The highest BCUT2D eigenvalue weighted by molar-refractivity contribution is 5.81. The molecule has 1 aromatic carbocycles. The van der Waals surface area contributed by atoms with Crippen LogP contribution < -0.4 is 10.4 Å².